The molecule has 1 aromatic heterocycles. The van der Waals surface area contributed by atoms with Gasteiger partial charge in [-0.25, -0.2) is 0 Å². The first-order valence-electron chi connectivity index (χ1n) is 24.8. The molecule has 1 spiro atoms. The van der Waals surface area contributed by atoms with Gasteiger partial charge in [-0.3, -0.25) is 0 Å². The van der Waals surface area contributed by atoms with Gasteiger partial charge in [-0.2, -0.15) is 0 Å². The summed E-state index contributed by atoms with van der Waals surface area (Å²) in [7, 11) is 0. The highest BCUT2D eigenvalue weighted by atomic mass is 16.3. The Kier molecular flexibility index (Phi) is 7.77. The minimum absolute atomic E-state index is 0.0673. The molecule has 6 aliphatic rings. The van der Waals surface area contributed by atoms with E-state index in [1.54, 1.807) is 11.1 Å². The van der Waals surface area contributed by atoms with Crippen molar-refractivity contribution >= 4 is 49.8 Å². The summed E-state index contributed by atoms with van der Waals surface area (Å²) in [4.78, 5) is 2.58. The van der Waals surface area contributed by atoms with E-state index in [4.69, 9.17) is 4.42 Å². The normalized spacial score (nSPS) is 22.4. The van der Waals surface area contributed by atoms with Crippen molar-refractivity contribution in [3.63, 3.8) is 0 Å². The number of furan rings is 1. The Morgan fingerprint density at radius 2 is 1.04 bits per heavy atom. The molecule has 10 aromatic rings. The van der Waals surface area contributed by atoms with Crippen LogP contribution in [0.25, 0.3) is 77.2 Å². The standard InChI is InChI=1S/C65H51NO/c1-64(2)56-21-8-5-16-50(56)53-19-11-20-54(62(53)64)52-17-7-10-23-59(52)66(45-28-25-42(26-29-45)47-18-12-24-60-61(47)55-31-27-41-13-3-4-14-48(41)63(55)67-60)46-30-32-51-49-15-6-9-22-57(49)65(58(51)38-46)43-34-39-33-40(36-43)37-44(65)35-39/h3-32,38-40,43-44H,33-37H2,1-2H3. The maximum absolute atomic E-state index is 6.66. The predicted molar refractivity (Wildman–Crippen MR) is 278 cm³/mol. The maximum Gasteiger partial charge on any atom is 0.143 e. The van der Waals surface area contributed by atoms with E-state index in [1.165, 1.54) is 110 Å². The molecule has 4 fully saturated rings. The highest BCUT2D eigenvalue weighted by Crippen LogP contribution is 2.70. The first-order chi connectivity index (χ1) is 32.9. The van der Waals surface area contributed by atoms with E-state index in [-0.39, 0.29) is 10.8 Å². The van der Waals surface area contributed by atoms with Crippen LogP contribution in [0.5, 0.6) is 0 Å². The number of para-hydroxylation sites is 1. The van der Waals surface area contributed by atoms with E-state index in [9.17, 15) is 0 Å². The van der Waals surface area contributed by atoms with Crippen LogP contribution in [0.3, 0.4) is 0 Å². The van der Waals surface area contributed by atoms with Crippen molar-refractivity contribution in [2.24, 2.45) is 23.7 Å². The molecule has 0 unspecified atom stereocenters. The van der Waals surface area contributed by atoms with Gasteiger partial charge in [0.2, 0.25) is 0 Å². The fourth-order valence-corrected chi connectivity index (χ4v) is 15.3. The third kappa shape index (κ3) is 5.11. The van der Waals surface area contributed by atoms with Crippen LogP contribution < -0.4 is 4.90 Å². The van der Waals surface area contributed by atoms with Crippen LogP contribution in [0, 0.1) is 23.7 Å². The number of hydrogen-bond donors (Lipinski definition) is 0. The predicted octanol–water partition coefficient (Wildman–Crippen LogP) is 17.6. The van der Waals surface area contributed by atoms with E-state index in [0.717, 1.165) is 39.5 Å². The molecule has 16 rings (SSSR count). The van der Waals surface area contributed by atoms with Crippen LogP contribution in [0.15, 0.2) is 192 Å². The summed E-state index contributed by atoms with van der Waals surface area (Å²) in [6, 6.07) is 71.2. The average Bonchev–Trinajstić information content (AvgIpc) is 3.98. The van der Waals surface area contributed by atoms with Gasteiger partial charge in [-0.05, 0) is 165 Å². The molecule has 0 saturated heterocycles. The molecule has 322 valence electrons. The minimum Gasteiger partial charge on any atom is -0.455 e. The summed E-state index contributed by atoms with van der Waals surface area (Å²) in [6.45, 7) is 4.82. The third-order valence-electron chi connectivity index (χ3n) is 17.6. The van der Waals surface area contributed by atoms with Gasteiger partial charge in [0.25, 0.3) is 0 Å². The molecule has 0 atom stereocenters. The van der Waals surface area contributed by atoms with Crippen LogP contribution in [-0.2, 0) is 10.8 Å². The lowest BCUT2D eigenvalue weighted by Gasteiger charge is -2.61. The number of nitrogens with zero attached hydrogens (tertiary/aromatic N) is 1. The average molecular weight is 862 g/mol. The Labute approximate surface area is 392 Å². The summed E-state index contributed by atoms with van der Waals surface area (Å²) < 4.78 is 6.66. The fourth-order valence-electron chi connectivity index (χ4n) is 15.3. The summed E-state index contributed by atoms with van der Waals surface area (Å²) >= 11 is 0. The van der Waals surface area contributed by atoms with E-state index >= 15 is 0 Å². The molecule has 0 N–H and O–H groups in total. The second kappa shape index (κ2) is 13.7. The molecule has 4 bridgehead atoms. The first kappa shape index (κ1) is 38.0. The zero-order valence-corrected chi connectivity index (χ0v) is 38.1. The number of fused-ring (bicyclic) bond motifs is 11. The van der Waals surface area contributed by atoms with E-state index in [1.807, 2.05) is 0 Å². The Morgan fingerprint density at radius 3 is 1.84 bits per heavy atom. The zero-order valence-electron chi connectivity index (χ0n) is 38.1. The van der Waals surface area contributed by atoms with Crippen molar-refractivity contribution in [1.82, 2.24) is 0 Å². The van der Waals surface area contributed by atoms with Gasteiger partial charge in [0.15, 0.2) is 0 Å². The second-order valence-corrected chi connectivity index (χ2v) is 21.2. The molecule has 9 aromatic carbocycles. The smallest absolute Gasteiger partial charge is 0.143 e. The van der Waals surface area contributed by atoms with Crippen LogP contribution >= 0.6 is 0 Å². The molecule has 6 aliphatic carbocycles. The van der Waals surface area contributed by atoms with Crippen LogP contribution in [-0.4, -0.2) is 0 Å². The highest BCUT2D eigenvalue weighted by Gasteiger charge is 2.61. The van der Waals surface area contributed by atoms with Gasteiger partial charge in [-0.1, -0.05) is 159 Å². The molecule has 0 amide bonds. The van der Waals surface area contributed by atoms with Crippen molar-refractivity contribution in [2.75, 3.05) is 4.90 Å². The van der Waals surface area contributed by atoms with Crippen LogP contribution in [0.4, 0.5) is 17.1 Å². The fraction of sp³-hybridized carbons (Fsp3) is 0.200. The molecular weight excluding hydrogens is 811 g/mol. The molecule has 67 heavy (non-hydrogen) atoms. The number of hydrogen-bond acceptors (Lipinski definition) is 2. The van der Waals surface area contributed by atoms with E-state index < -0.39 is 0 Å². The highest BCUT2D eigenvalue weighted by molar-refractivity contribution is 6.19. The summed E-state index contributed by atoms with van der Waals surface area (Å²) in [5.41, 5.74) is 21.8. The van der Waals surface area contributed by atoms with Gasteiger partial charge in [0, 0.05) is 43.9 Å². The van der Waals surface area contributed by atoms with Gasteiger partial charge in [0.1, 0.15) is 11.2 Å². The summed E-state index contributed by atoms with van der Waals surface area (Å²) in [6.07, 6.45) is 6.92. The third-order valence-corrected chi connectivity index (χ3v) is 17.6. The maximum atomic E-state index is 6.66. The van der Waals surface area contributed by atoms with Crippen molar-refractivity contribution in [1.29, 1.82) is 0 Å². The Hall–Kier alpha value is -7.16. The lowest BCUT2D eigenvalue weighted by atomic mass is 9.43. The van der Waals surface area contributed by atoms with Crippen molar-refractivity contribution < 1.29 is 4.42 Å². The SMILES string of the molecule is CC1(C)c2ccccc2-c2cccc(-c3ccccc3N(c3ccc(-c4cccc5oc6c7ccccc7ccc6c45)cc3)c3ccc4c(c3)C3(c5ccccc5-4)C4CC5CC(C4)CC3C5)c21. The minimum atomic E-state index is -0.155. The van der Waals surface area contributed by atoms with Crippen molar-refractivity contribution in [3.8, 4) is 44.5 Å². The van der Waals surface area contributed by atoms with Gasteiger partial charge >= 0.3 is 0 Å². The number of rotatable bonds is 5. The van der Waals surface area contributed by atoms with Gasteiger partial charge in [-0.15, -0.1) is 0 Å². The van der Waals surface area contributed by atoms with E-state index in [0.29, 0.717) is 11.8 Å². The van der Waals surface area contributed by atoms with Gasteiger partial charge in [0.05, 0.1) is 5.69 Å². The Balaban J connectivity index is 0.936. The molecule has 4 saturated carbocycles. The van der Waals surface area contributed by atoms with Crippen molar-refractivity contribution in [2.45, 2.75) is 56.8 Å². The molecular formula is C65H51NO. The molecule has 1 heterocycles. The quantitative estimate of drug-likeness (QED) is 0.171. The summed E-state index contributed by atoms with van der Waals surface area (Å²) in [5.74, 6) is 3.17. The second-order valence-electron chi connectivity index (χ2n) is 21.2. The topological polar surface area (TPSA) is 16.4 Å². The van der Waals surface area contributed by atoms with Gasteiger partial charge < -0.3 is 9.32 Å². The molecule has 0 aliphatic heterocycles. The van der Waals surface area contributed by atoms with Crippen molar-refractivity contribution in [3.05, 3.63) is 210 Å². The molecule has 2 nitrogen and oxygen atoms in total. The number of anilines is 3. The monoisotopic (exact) mass is 861 g/mol. The Bertz CT molecular complexity index is 3670. The summed E-state index contributed by atoms with van der Waals surface area (Å²) in [5, 5.41) is 4.66. The number of benzene rings is 9. The lowest BCUT2D eigenvalue weighted by molar-refractivity contribution is -0.0399. The zero-order chi connectivity index (χ0) is 44.2. The van der Waals surface area contributed by atoms with E-state index in [2.05, 4.69) is 207 Å². The first-order valence-corrected chi connectivity index (χ1v) is 24.8. The molecule has 0 radical (unpaired) electrons. The Morgan fingerprint density at radius 1 is 0.448 bits per heavy atom. The lowest BCUT2D eigenvalue weighted by Crippen LogP contribution is -2.55. The van der Waals surface area contributed by atoms with Crippen LogP contribution in [0.1, 0.15) is 68.2 Å². The largest absolute Gasteiger partial charge is 0.455 e. The molecule has 2 heteroatoms. The van der Waals surface area contributed by atoms with Crippen LogP contribution in [0.2, 0.25) is 0 Å².